The van der Waals surface area contributed by atoms with Crippen LogP contribution in [0.4, 0.5) is 43.4 Å². The molecule has 3 aliphatic heterocycles. The number of carboxylic acid groups (broad SMARTS) is 1. The summed E-state index contributed by atoms with van der Waals surface area (Å²) in [6, 6.07) is 19.3. The van der Waals surface area contributed by atoms with Crippen molar-refractivity contribution in [1.82, 2.24) is 4.90 Å². The van der Waals surface area contributed by atoms with Gasteiger partial charge in [-0.15, -0.1) is 0 Å². The van der Waals surface area contributed by atoms with Crippen molar-refractivity contribution in [2.45, 2.75) is 31.7 Å². The number of benzene rings is 4. The van der Waals surface area contributed by atoms with Gasteiger partial charge in [-0.3, -0.25) is 29.0 Å². The number of hydrogen-bond acceptors (Lipinski definition) is 7. The zero-order valence-corrected chi connectivity index (χ0v) is 28.6. The Balaban J connectivity index is 1.49. The molecule has 280 valence electrons. The third-order valence-electron chi connectivity index (χ3n) is 9.76. The number of amides is 3. The van der Waals surface area contributed by atoms with Gasteiger partial charge in [0.2, 0.25) is 0 Å². The molecular formula is C38H30F6N4O6. The average Bonchev–Trinajstić information content (AvgIpc) is 3.51. The van der Waals surface area contributed by atoms with Gasteiger partial charge in [-0.2, -0.15) is 26.3 Å². The summed E-state index contributed by atoms with van der Waals surface area (Å²) in [5.41, 5.74) is -0.361. The lowest BCUT2D eigenvalue weighted by atomic mass is 9.74. The standard InChI is InChI=1S/C38H30F6N4O6/c1-3-45(19-36(39,40)41)21-10-13-28-30(16-21)54-31-17-22(46(4-2)20-37(42,43)44)11-14-29(31)38(28)27-8-6-5-7-25(27)35(53)48(38)23-9-12-24-26(15-23)34(52)47(33(24)51)18-32(49)50/h5-17H,3-4,18-20H2,1-2H3,(H,49,50). The summed E-state index contributed by atoms with van der Waals surface area (Å²) < 4.78 is 88.1. The summed E-state index contributed by atoms with van der Waals surface area (Å²) in [6.45, 7) is -0.464. The molecule has 1 spiro atoms. The maximum atomic E-state index is 14.7. The molecule has 0 saturated heterocycles. The molecule has 4 aromatic rings. The predicted molar refractivity (Wildman–Crippen MR) is 183 cm³/mol. The van der Waals surface area contributed by atoms with Gasteiger partial charge in [0.05, 0.1) is 11.1 Å². The number of anilines is 3. The summed E-state index contributed by atoms with van der Waals surface area (Å²) in [4.78, 5) is 56.6. The fourth-order valence-electron chi connectivity index (χ4n) is 7.57. The van der Waals surface area contributed by atoms with Gasteiger partial charge in [0.1, 0.15) is 36.7 Å². The molecule has 3 heterocycles. The smallest absolute Gasteiger partial charge is 0.405 e. The molecule has 10 nitrogen and oxygen atoms in total. The number of aliphatic carboxylic acids is 1. The van der Waals surface area contributed by atoms with Gasteiger partial charge in [0.15, 0.2) is 0 Å². The molecule has 0 fully saturated rings. The number of ether oxygens (including phenoxy) is 1. The maximum absolute atomic E-state index is 14.7. The van der Waals surface area contributed by atoms with E-state index in [9.17, 15) is 50.6 Å². The molecule has 16 heteroatoms. The van der Waals surface area contributed by atoms with E-state index >= 15 is 0 Å². The first-order valence-electron chi connectivity index (χ1n) is 16.7. The number of carboxylic acids is 1. The molecule has 7 rings (SSSR count). The Morgan fingerprint density at radius 2 is 1.22 bits per heavy atom. The number of halogens is 6. The van der Waals surface area contributed by atoms with Gasteiger partial charge in [-0.05, 0) is 50.2 Å². The molecule has 0 atom stereocenters. The Morgan fingerprint density at radius 1 is 0.685 bits per heavy atom. The van der Waals surface area contributed by atoms with Crippen molar-refractivity contribution in [3.05, 3.63) is 112 Å². The van der Waals surface area contributed by atoms with E-state index in [0.29, 0.717) is 21.6 Å². The second-order valence-corrected chi connectivity index (χ2v) is 12.9. The van der Waals surface area contributed by atoms with Crippen molar-refractivity contribution in [1.29, 1.82) is 0 Å². The lowest BCUT2D eigenvalue weighted by Gasteiger charge is -2.45. The molecule has 0 aliphatic carbocycles. The second kappa shape index (κ2) is 12.8. The van der Waals surface area contributed by atoms with Crippen LogP contribution in [0.15, 0.2) is 78.9 Å². The van der Waals surface area contributed by atoms with E-state index in [-0.39, 0.29) is 58.3 Å². The largest absolute Gasteiger partial charge is 0.480 e. The quantitative estimate of drug-likeness (QED) is 0.141. The molecule has 0 radical (unpaired) electrons. The maximum Gasteiger partial charge on any atom is 0.405 e. The summed E-state index contributed by atoms with van der Waals surface area (Å²) >= 11 is 0. The van der Waals surface area contributed by atoms with E-state index in [1.807, 2.05) is 0 Å². The highest BCUT2D eigenvalue weighted by atomic mass is 19.4. The van der Waals surface area contributed by atoms with E-state index in [4.69, 9.17) is 4.74 Å². The van der Waals surface area contributed by atoms with Crippen LogP contribution in [0.5, 0.6) is 11.5 Å². The van der Waals surface area contributed by atoms with Crippen molar-refractivity contribution < 1.29 is 55.4 Å². The lowest BCUT2D eigenvalue weighted by molar-refractivity contribution is -0.137. The minimum atomic E-state index is -4.56. The van der Waals surface area contributed by atoms with Crippen molar-refractivity contribution in [3.8, 4) is 11.5 Å². The predicted octanol–water partition coefficient (Wildman–Crippen LogP) is 7.20. The number of rotatable bonds is 9. The van der Waals surface area contributed by atoms with Crippen LogP contribution < -0.4 is 19.4 Å². The van der Waals surface area contributed by atoms with E-state index in [0.717, 1.165) is 9.80 Å². The third kappa shape index (κ3) is 5.85. The highest BCUT2D eigenvalue weighted by Crippen LogP contribution is 2.59. The van der Waals surface area contributed by atoms with E-state index in [1.54, 1.807) is 38.1 Å². The van der Waals surface area contributed by atoms with Gasteiger partial charge < -0.3 is 19.6 Å². The van der Waals surface area contributed by atoms with Crippen LogP contribution in [0, 0.1) is 0 Å². The fourth-order valence-corrected chi connectivity index (χ4v) is 7.57. The fraction of sp³-hybridized carbons (Fsp3) is 0.263. The molecule has 4 aromatic carbocycles. The van der Waals surface area contributed by atoms with Gasteiger partial charge in [-0.25, -0.2) is 0 Å². The summed E-state index contributed by atoms with van der Waals surface area (Å²) in [5, 5.41) is 9.32. The molecule has 0 unspecified atom stereocenters. The number of imide groups is 1. The van der Waals surface area contributed by atoms with Crippen LogP contribution in [-0.4, -0.2) is 78.8 Å². The number of nitrogens with zero attached hydrogens (tertiary/aromatic N) is 4. The SMILES string of the molecule is CCN(CC(F)(F)F)c1ccc2c(c1)Oc1cc(N(CC)CC(F)(F)F)ccc1C21c2ccccc2C(=O)N1c1ccc2c(c1)C(=O)N(CC(=O)O)C2=O. The first-order valence-corrected chi connectivity index (χ1v) is 16.7. The van der Waals surface area contributed by atoms with Crippen molar-refractivity contribution in [2.75, 3.05) is 47.4 Å². The Morgan fingerprint density at radius 3 is 1.74 bits per heavy atom. The van der Waals surface area contributed by atoms with Crippen molar-refractivity contribution >= 4 is 40.8 Å². The van der Waals surface area contributed by atoms with Crippen LogP contribution in [-0.2, 0) is 10.3 Å². The number of alkyl halides is 6. The number of carbonyl (C=O) groups excluding carboxylic acids is 3. The molecule has 3 aliphatic rings. The molecule has 0 aromatic heterocycles. The van der Waals surface area contributed by atoms with Crippen LogP contribution in [0.2, 0.25) is 0 Å². The second-order valence-electron chi connectivity index (χ2n) is 12.9. The monoisotopic (exact) mass is 752 g/mol. The van der Waals surface area contributed by atoms with Crippen LogP contribution >= 0.6 is 0 Å². The van der Waals surface area contributed by atoms with Gasteiger partial charge in [-0.1, -0.05) is 30.3 Å². The lowest BCUT2D eigenvalue weighted by Crippen LogP contribution is -2.48. The van der Waals surface area contributed by atoms with Crippen LogP contribution in [0.25, 0.3) is 0 Å². The van der Waals surface area contributed by atoms with Gasteiger partial charge in [0, 0.05) is 64.5 Å². The Bertz CT molecular complexity index is 2170. The molecule has 54 heavy (non-hydrogen) atoms. The molecule has 0 bridgehead atoms. The molecule has 0 saturated carbocycles. The Kier molecular flexibility index (Phi) is 8.61. The highest BCUT2D eigenvalue weighted by molar-refractivity contribution is 6.23. The molecule has 3 amide bonds. The minimum Gasteiger partial charge on any atom is -0.480 e. The zero-order valence-electron chi connectivity index (χ0n) is 28.6. The number of carbonyl (C=O) groups is 4. The van der Waals surface area contributed by atoms with Gasteiger partial charge >= 0.3 is 18.3 Å². The van der Waals surface area contributed by atoms with Gasteiger partial charge in [0.25, 0.3) is 17.7 Å². The van der Waals surface area contributed by atoms with E-state index < -0.39 is 61.2 Å². The van der Waals surface area contributed by atoms with Crippen LogP contribution in [0.3, 0.4) is 0 Å². The molecule has 1 N–H and O–H groups in total. The Labute approximate surface area is 303 Å². The van der Waals surface area contributed by atoms with E-state index in [1.165, 1.54) is 59.5 Å². The topological polar surface area (TPSA) is 111 Å². The third-order valence-corrected chi connectivity index (χ3v) is 9.76. The zero-order chi connectivity index (χ0) is 38.9. The number of fused-ring (bicyclic) bond motifs is 7. The van der Waals surface area contributed by atoms with Crippen LogP contribution in [0.1, 0.15) is 61.6 Å². The first kappa shape index (κ1) is 36.3. The minimum absolute atomic E-state index is 0.0196. The van der Waals surface area contributed by atoms with Crippen molar-refractivity contribution in [2.24, 2.45) is 0 Å². The van der Waals surface area contributed by atoms with Crippen molar-refractivity contribution in [3.63, 3.8) is 0 Å². The average molecular weight is 753 g/mol. The normalized spacial score (nSPS) is 15.5. The summed E-state index contributed by atoms with van der Waals surface area (Å²) in [6.07, 6.45) is -9.12. The molecular weight excluding hydrogens is 722 g/mol. The van der Waals surface area contributed by atoms with E-state index in [2.05, 4.69) is 0 Å². The summed E-state index contributed by atoms with van der Waals surface area (Å²) in [7, 11) is 0. The summed E-state index contributed by atoms with van der Waals surface area (Å²) in [5.74, 6) is -3.69. The first-order chi connectivity index (χ1) is 25.5. The highest BCUT2D eigenvalue weighted by Gasteiger charge is 2.57. The Hall–Kier alpha value is -6.06. The number of hydrogen-bond donors (Lipinski definition) is 1.